The van der Waals surface area contributed by atoms with Gasteiger partial charge in [0.05, 0.1) is 20.1 Å². The molecule has 0 aliphatic heterocycles. The highest BCUT2D eigenvalue weighted by molar-refractivity contribution is 5.95. The zero-order chi connectivity index (χ0) is 22.3. The maximum Gasteiger partial charge on any atom is 0.311 e. The molecule has 30 heavy (non-hydrogen) atoms. The lowest BCUT2D eigenvalue weighted by Crippen LogP contribution is -2.41. The number of rotatable bonds is 8. The zero-order valence-corrected chi connectivity index (χ0v) is 17.4. The maximum atomic E-state index is 13.7. The Bertz CT molecular complexity index is 914. The number of nitrogens with one attached hydrogen (secondary N) is 1. The summed E-state index contributed by atoms with van der Waals surface area (Å²) < 4.78 is 23.7. The van der Waals surface area contributed by atoms with Crippen molar-refractivity contribution in [3.8, 4) is 5.75 Å². The van der Waals surface area contributed by atoms with E-state index in [2.05, 4.69) is 5.32 Å². The van der Waals surface area contributed by atoms with Crippen molar-refractivity contribution in [2.75, 3.05) is 26.0 Å². The monoisotopic (exact) mass is 416 g/mol. The van der Waals surface area contributed by atoms with E-state index in [9.17, 15) is 18.8 Å². The van der Waals surface area contributed by atoms with Crippen LogP contribution in [0.5, 0.6) is 5.75 Å². The fraction of sp³-hybridized carbons (Fsp3) is 0.318. The van der Waals surface area contributed by atoms with Crippen molar-refractivity contribution in [3.63, 3.8) is 0 Å². The number of carbonyl (C=O) groups excluding carboxylic acids is 3. The highest BCUT2D eigenvalue weighted by Crippen LogP contribution is 2.18. The average Bonchev–Trinajstić information content (AvgIpc) is 2.69. The number of amides is 2. The quantitative estimate of drug-likeness (QED) is 0.669. The van der Waals surface area contributed by atoms with Crippen LogP contribution in [0.1, 0.15) is 18.1 Å². The van der Waals surface area contributed by atoms with Gasteiger partial charge >= 0.3 is 5.97 Å². The van der Waals surface area contributed by atoms with Crippen molar-refractivity contribution in [3.05, 3.63) is 59.4 Å². The number of ether oxygens (including phenoxy) is 2. The number of aryl methyl sites for hydroxylation is 1. The highest BCUT2D eigenvalue weighted by Gasteiger charge is 2.23. The smallest absolute Gasteiger partial charge is 0.311 e. The van der Waals surface area contributed by atoms with E-state index < -0.39 is 23.8 Å². The molecule has 0 unspecified atom stereocenters. The van der Waals surface area contributed by atoms with Crippen molar-refractivity contribution in [2.45, 2.75) is 26.4 Å². The Kier molecular flexibility index (Phi) is 7.91. The van der Waals surface area contributed by atoms with Crippen LogP contribution >= 0.6 is 0 Å². The number of esters is 1. The molecule has 0 saturated carbocycles. The van der Waals surface area contributed by atoms with Crippen molar-refractivity contribution in [1.82, 2.24) is 4.90 Å². The Morgan fingerprint density at radius 2 is 1.80 bits per heavy atom. The van der Waals surface area contributed by atoms with Crippen LogP contribution < -0.4 is 10.1 Å². The number of hydrogen-bond donors (Lipinski definition) is 1. The SMILES string of the molecule is COc1ccc(CC(=O)O[C@@H](C)C(=O)N(C)CC(=O)Nc2ccc(C)cc2)cc1F. The van der Waals surface area contributed by atoms with Crippen LogP contribution in [0.15, 0.2) is 42.5 Å². The molecule has 0 heterocycles. The minimum atomic E-state index is -1.09. The summed E-state index contributed by atoms with van der Waals surface area (Å²) in [5, 5.41) is 2.70. The highest BCUT2D eigenvalue weighted by atomic mass is 19.1. The van der Waals surface area contributed by atoms with Gasteiger partial charge in [-0.25, -0.2) is 4.39 Å². The number of likely N-dealkylation sites (N-methyl/N-ethyl adjacent to an activating group) is 1. The van der Waals surface area contributed by atoms with Crippen molar-refractivity contribution < 1.29 is 28.2 Å². The van der Waals surface area contributed by atoms with Gasteiger partial charge in [0, 0.05) is 12.7 Å². The molecule has 0 spiro atoms. The summed E-state index contributed by atoms with van der Waals surface area (Å²) in [6, 6.07) is 11.4. The van der Waals surface area contributed by atoms with Crippen LogP contribution in [0.25, 0.3) is 0 Å². The molecule has 2 rings (SSSR count). The third-order valence-electron chi connectivity index (χ3n) is 4.31. The maximum absolute atomic E-state index is 13.7. The number of anilines is 1. The number of methoxy groups -OCH3 is 1. The van der Waals surface area contributed by atoms with Gasteiger partial charge in [-0.05, 0) is 43.7 Å². The Labute approximate surface area is 174 Å². The Morgan fingerprint density at radius 3 is 2.40 bits per heavy atom. The average molecular weight is 416 g/mol. The number of nitrogens with zero attached hydrogens (tertiary/aromatic N) is 1. The fourth-order valence-electron chi connectivity index (χ4n) is 2.72. The third kappa shape index (κ3) is 6.58. The summed E-state index contributed by atoms with van der Waals surface area (Å²) in [6.45, 7) is 3.16. The molecule has 0 aliphatic rings. The normalized spacial score (nSPS) is 11.4. The predicted octanol–water partition coefficient (Wildman–Crippen LogP) is 2.71. The van der Waals surface area contributed by atoms with E-state index >= 15 is 0 Å². The molecule has 0 bridgehead atoms. The molecule has 160 valence electrons. The molecule has 0 radical (unpaired) electrons. The summed E-state index contributed by atoms with van der Waals surface area (Å²) in [5.74, 6) is -2.10. The third-order valence-corrected chi connectivity index (χ3v) is 4.31. The first-order valence-corrected chi connectivity index (χ1v) is 9.33. The van der Waals surface area contributed by atoms with Gasteiger partial charge in [-0.3, -0.25) is 14.4 Å². The molecule has 1 N–H and O–H groups in total. The van der Waals surface area contributed by atoms with E-state index in [0.717, 1.165) is 5.56 Å². The standard InChI is InChI=1S/C22H25FN2O5/c1-14-5-8-17(9-6-14)24-20(26)13-25(3)22(28)15(2)30-21(27)12-16-7-10-19(29-4)18(23)11-16/h5-11,15H,12-13H2,1-4H3,(H,24,26)/t15-/m0/s1. The van der Waals surface area contributed by atoms with E-state index in [0.29, 0.717) is 11.3 Å². The van der Waals surface area contributed by atoms with E-state index in [1.165, 1.54) is 44.2 Å². The molecule has 2 aromatic rings. The van der Waals surface area contributed by atoms with Gasteiger partial charge < -0.3 is 19.7 Å². The number of hydrogen-bond acceptors (Lipinski definition) is 5. The summed E-state index contributed by atoms with van der Waals surface area (Å²) in [4.78, 5) is 37.8. The molecule has 0 fully saturated rings. The van der Waals surface area contributed by atoms with Crippen LogP contribution in [0, 0.1) is 12.7 Å². The molecule has 1 atom stereocenters. The van der Waals surface area contributed by atoms with E-state index in [1.54, 1.807) is 12.1 Å². The van der Waals surface area contributed by atoms with Crippen molar-refractivity contribution in [1.29, 1.82) is 0 Å². The Balaban J connectivity index is 1.84. The van der Waals surface area contributed by atoms with E-state index in [-0.39, 0.29) is 24.6 Å². The second-order valence-electron chi connectivity index (χ2n) is 6.89. The Morgan fingerprint density at radius 1 is 1.13 bits per heavy atom. The second-order valence-corrected chi connectivity index (χ2v) is 6.89. The van der Waals surface area contributed by atoms with Crippen LogP contribution in [-0.2, 0) is 25.5 Å². The van der Waals surface area contributed by atoms with Crippen LogP contribution in [0.2, 0.25) is 0 Å². The van der Waals surface area contributed by atoms with Crippen LogP contribution in [0.3, 0.4) is 0 Å². The van der Waals surface area contributed by atoms with Gasteiger partial charge in [-0.15, -0.1) is 0 Å². The molecular formula is C22H25FN2O5. The number of carbonyl (C=O) groups is 3. The first-order chi connectivity index (χ1) is 14.2. The molecule has 2 amide bonds. The van der Waals surface area contributed by atoms with E-state index in [1.807, 2.05) is 19.1 Å². The minimum absolute atomic E-state index is 0.0706. The lowest BCUT2D eigenvalue weighted by molar-refractivity contribution is -0.158. The van der Waals surface area contributed by atoms with Gasteiger partial charge in [0.1, 0.15) is 0 Å². The molecule has 0 saturated heterocycles. The summed E-state index contributed by atoms with van der Waals surface area (Å²) in [6.07, 6.45) is -1.28. The fourth-order valence-corrected chi connectivity index (χ4v) is 2.72. The molecule has 8 heteroatoms. The topological polar surface area (TPSA) is 84.9 Å². The zero-order valence-electron chi connectivity index (χ0n) is 17.4. The van der Waals surface area contributed by atoms with Crippen molar-refractivity contribution >= 4 is 23.5 Å². The van der Waals surface area contributed by atoms with Crippen LogP contribution in [-0.4, -0.2) is 49.5 Å². The first-order valence-electron chi connectivity index (χ1n) is 9.33. The molecule has 0 aliphatic carbocycles. The largest absolute Gasteiger partial charge is 0.494 e. The minimum Gasteiger partial charge on any atom is -0.494 e. The van der Waals surface area contributed by atoms with Gasteiger partial charge in [-0.1, -0.05) is 23.8 Å². The van der Waals surface area contributed by atoms with E-state index in [4.69, 9.17) is 9.47 Å². The van der Waals surface area contributed by atoms with Gasteiger partial charge in [0.15, 0.2) is 17.7 Å². The molecule has 2 aromatic carbocycles. The predicted molar refractivity (Wildman–Crippen MR) is 110 cm³/mol. The first kappa shape index (κ1) is 22.9. The molecule has 7 nitrogen and oxygen atoms in total. The number of halogens is 1. The number of benzene rings is 2. The molecular weight excluding hydrogens is 391 g/mol. The van der Waals surface area contributed by atoms with Gasteiger partial charge in [0.2, 0.25) is 5.91 Å². The lowest BCUT2D eigenvalue weighted by Gasteiger charge is -2.21. The molecule has 0 aromatic heterocycles. The van der Waals surface area contributed by atoms with Gasteiger partial charge in [-0.2, -0.15) is 0 Å². The van der Waals surface area contributed by atoms with Crippen molar-refractivity contribution in [2.24, 2.45) is 0 Å². The van der Waals surface area contributed by atoms with Crippen LogP contribution in [0.4, 0.5) is 10.1 Å². The summed E-state index contributed by atoms with van der Waals surface area (Å²) >= 11 is 0. The van der Waals surface area contributed by atoms with Gasteiger partial charge in [0.25, 0.3) is 5.91 Å². The summed E-state index contributed by atoms with van der Waals surface area (Å²) in [7, 11) is 2.79. The lowest BCUT2D eigenvalue weighted by atomic mass is 10.1. The Hall–Kier alpha value is -3.42. The summed E-state index contributed by atoms with van der Waals surface area (Å²) in [5.41, 5.74) is 2.08. The second kappa shape index (κ2) is 10.4.